The summed E-state index contributed by atoms with van der Waals surface area (Å²) in [5, 5.41) is 0.935. The Labute approximate surface area is 230 Å². The zero-order valence-corrected chi connectivity index (χ0v) is 25.4. The highest BCUT2D eigenvalue weighted by atomic mass is 32.2. The number of rotatable bonds is 7. The van der Waals surface area contributed by atoms with Gasteiger partial charge in [-0.3, -0.25) is 0 Å². The number of thioether (sulfide) groups is 1. The molecule has 0 aliphatic heterocycles. The van der Waals surface area contributed by atoms with Crippen molar-refractivity contribution in [1.82, 2.24) is 0 Å². The molecule has 1 heteroatoms. The molecule has 0 bridgehead atoms. The maximum Gasteiger partial charge on any atom is 0.00497 e. The van der Waals surface area contributed by atoms with E-state index in [1.54, 1.807) is 96.3 Å². The van der Waals surface area contributed by atoms with Crippen LogP contribution in [0.4, 0.5) is 0 Å². The molecule has 5 aliphatic carbocycles. The summed E-state index contributed by atoms with van der Waals surface area (Å²) in [6, 6.07) is 0. The molecule has 0 spiro atoms. The molecular formula is C35H62S. The van der Waals surface area contributed by atoms with Crippen molar-refractivity contribution in [3.8, 4) is 0 Å². The van der Waals surface area contributed by atoms with Gasteiger partial charge in [0.05, 0.1) is 0 Å². The molecule has 9 unspecified atom stereocenters. The molecule has 5 saturated carbocycles. The molecule has 208 valence electrons. The van der Waals surface area contributed by atoms with Gasteiger partial charge in [-0.2, -0.15) is 11.8 Å². The van der Waals surface area contributed by atoms with Crippen LogP contribution < -0.4 is 0 Å². The molecule has 0 aromatic heterocycles. The van der Waals surface area contributed by atoms with Crippen LogP contribution in [0.5, 0.6) is 0 Å². The van der Waals surface area contributed by atoms with E-state index in [-0.39, 0.29) is 0 Å². The first-order valence-electron chi connectivity index (χ1n) is 17.2. The molecule has 0 N–H and O–H groups in total. The smallest absolute Gasteiger partial charge is 0.00497 e. The van der Waals surface area contributed by atoms with Crippen molar-refractivity contribution in [2.24, 2.45) is 59.2 Å². The van der Waals surface area contributed by atoms with E-state index in [2.05, 4.69) is 31.9 Å². The van der Waals surface area contributed by atoms with Crippen molar-refractivity contribution < 1.29 is 0 Å². The number of hydrogen-bond acceptors (Lipinski definition) is 1. The third kappa shape index (κ3) is 6.55. The van der Waals surface area contributed by atoms with Crippen molar-refractivity contribution >= 4 is 11.8 Å². The maximum absolute atomic E-state index is 2.72. The zero-order valence-electron chi connectivity index (χ0n) is 24.6. The Kier molecular flexibility index (Phi) is 10.6. The van der Waals surface area contributed by atoms with Gasteiger partial charge in [0.2, 0.25) is 0 Å². The first kappa shape index (κ1) is 27.9. The van der Waals surface area contributed by atoms with Crippen LogP contribution in [-0.2, 0) is 0 Å². The Morgan fingerprint density at radius 1 is 0.583 bits per heavy atom. The van der Waals surface area contributed by atoms with Gasteiger partial charge in [0, 0.05) is 5.25 Å². The SMILES string of the molecule is CCCCCC1CCC(C2C(C)CC(SC)CC(C3CCC4CCCCC4C3)C3CCCCC32)CC1. The largest absolute Gasteiger partial charge is 0.162 e. The third-order valence-electron chi connectivity index (χ3n) is 12.9. The van der Waals surface area contributed by atoms with Crippen molar-refractivity contribution in [1.29, 1.82) is 0 Å². The van der Waals surface area contributed by atoms with E-state index in [1.165, 1.54) is 38.5 Å². The summed E-state index contributed by atoms with van der Waals surface area (Å²) in [5.74, 6) is 10.7. The lowest BCUT2D eigenvalue weighted by Gasteiger charge is -2.53. The fourth-order valence-electron chi connectivity index (χ4n) is 11.2. The fraction of sp³-hybridized carbons (Fsp3) is 1.00. The maximum atomic E-state index is 2.72. The van der Waals surface area contributed by atoms with Crippen LogP contribution in [0, 0.1) is 59.2 Å². The van der Waals surface area contributed by atoms with E-state index in [9.17, 15) is 0 Å². The molecule has 5 aliphatic rings. The minimum Gasteiger partial charge on any atom is -0.162 e. The molecule has 0 saturated heterocycles. The highest BCUT2D eigenvalue weighted by molar-refractivity contribution is 7.99. The minimum absolute atomic E-state index is 0.935. The Morgan fingerprint density at radius 3 is 2.00 bits per heavy atom. The second kappa shape index (κ2) is 13.6. The lowest BCUT2D eigenvalue weighted by Crippen LogP contribution is -2.45. The van der Waals surface area contributed by atoms with E-state index < -0.39 is 0 Å². The fourth-order valence-corrected chi connectivity index (χ4v) is 12.1. The Balaban J connectivity index is 1.31. The second-order valence-electron chi connectivity index (χ2n) is 14.8. The van der Waals surface area contributed by atoms with E-state index >= 15 is 0 Å². The van der Waals surface area contributed by atoms with Crippen molar-refractivity contribution in [2.45, 2.75) is 154 Å². The molecule has 0 aromatic rings. The van der Waals surface area contributed by atoms with Gasteiger partial charge in [0.25, 0.3) is 0 Å². The molecular weight excluding hydrogens is 452 g/mol. The Bertz CT molecular complexity index is 635. The van der Waals surface area contributed by atoms with E-state index in [0.717, 1.165) is 64.4 Å². The zero-order chi connectivity index (χ0) is 24.9. The van der Waals surface area contributed by atoms with Crippen molar-refractivity contribution in [3.05, 3.63) is 0 Å². The third-order valence-corrected chi connectivity index (χ3v) is 14.0. The van der Waals surface area contributed by atoms with E-state index in [4.69, 9.17) is 0 Å². The highest BCUT2D eigenvalue weighted by Crippen LogP contribution is 2.56. The average Bonchev–Trinajstić information content (AvgIpc) is 2.91. The summed E-state index contributed by atoms with van der Waals surface area (Å²) in [6.07, 6.45) is 35.1. The van der Waals surface area contributed by atoms with Crippen LogP contribution in [0.3, 0.4) is 0 Å². The first-order valence-corrected chi connectivity index (χ1v) is 18.5. The molecule has 0 radical (unpaired) electrons. The summed E-state index contributed by atoms with van der Waals surface area (Å²) >= 11 is 2.26. The number of fused-ring (bicyclic) bond motifs is 2. The monoisotopic (exact) mass is 514 g/mol. The Morgan fingerprint density at radius 2 is 1.25 bits per heavy atom. The first-order chi connectivity index (χ1) is 17.7. The second-order valence-corrected chi connectivity index (χ2v) is 16.0. The van der Waals surface area contributed by atoms with Gasteiger partial charge in [-0.15, -0.1) is 0 Å². The molecule has 36 heavy (non-hydrogen) atoms. The summed E-state index contributed by atoms with van der Waals surface area (Å²) in [7, 11) is 0. The normalized spacial score (nSPS) is 46.2. The van der Waals surface area contributed by atoms with Crippen LogP contribution in [0.1, 0.15) is 149 Å². The van der Waals surface area contributed by atoms with Crippen LogP contribution in [-0.4, -0.2) is 11.5 Å². The van der Waals surface area contributed by atoms with E-state index in [1.807, 2.05) is 0 Å². The topological polar surface area (TPSA) is 0 Å². The lowest BCUT2D eigenvalue weighted by molar-refractivity contribution is -0.0237. The standard InChI is InChI=1S/C35H62S/c1-4-5-6-11-26-16-18-28(19-17-26)35-25(2)22-31(36-3)24-34(32-14-9-10-15-33(32)35)30-21-20-27-12-7-8-13-29(27)23-30/h25-35H,4-24H2,1-3H3. The molecule has 9 atom stereocenters. The van der Waals surface area contributed by atoms with Gasteiger partial charge in [-0.25, -0.2) is 0 Å². The van der Waals surface area contributed by atoms with Crippen LogP contribution >= 0.6 is 11.8 Å². The molecule has 5 fully saturated rings. The van der Waals surface area contributed by atoms with Crippen LogP contribution in [0.25, 0.3) is 0 Å². The molecule has 0 heterocycles. The highest BCUT2D eigenvalue weighted by Gasteiger charge is 2.48. The molecule has 5 rings (SSSR count). The minimum atomic E-state index is 0.935. The quantitative estimate of drug-likeness (QED) is 0.304. The number of hydrogen-bond donors (Lipinski definition) is 0. The van der Waals surface area contributed by atoms with Crippen molar-refractivity contribution in [2.75, 3.05) is 6.26 Å². The van der Waals surface area contributed by atoms with Gasteiger partial charge < -0.3 is 0 Å². The van der Waals surface area contributed by atoms with Gasteiger partial charge in [0.15, 0.2) is 0 Å². The molecule has 0 amide bonds. The van der Waals surface area contributed by atoms with Gasteiger partial charge in [-0.05, 0) is 123 Å². The van der Waals surface area contributed by atoms with E-state index in [0.29, 0.717) is 0 Å². The lowest BCUT2D eigenvalue weighted by atomic mass is 9.53. The van der Waals surface area contributed by atoms with Gasteiger partial charge in [0.1, 0.15) is 0 Å². The molecule has 0 nitrogen and oxygen atoms in total. The summed E-state index contributed by atoms with van der Waals surface area (Å²) < 4.78 is 0. The number of unbranched alkanes of at least 4 members (excludes halogenated alkanes) is 2. The van der Waals surface area contributed by atoms with Gasteiger partial charge >= 0.3 is 0 Å². The summed E-state index contributed by atoms with van der Waals surface area (Å²) in [4.78, 5) is 0. The summed E-state index contributed by atoms with van der Waals surface area (Å²) in [5.41, 5.74) is 0. The van der Waals surface area contributed by atoms with Gasteiger partial charge in [-0.1, -0.05) is 90.9 Å². The van der Waals surface area contributed by atoms with Crippen molar-refractivity contribution in [3.63, 3.8) is 0 Å². The molecule has 0 aromatic carbocycles. The predicted octanol–water partition coefficient (Wildman–Crippen LogP) is 11.2. The summed E-state index contributed by atoms with van der Waals surface area (Å²) in [6.45, 7) is 5.09. The predicted molar refractivity (Wildman–Crippen MR) is 161 cm³/mol. The average molecular weight is 515 g/mol. The van der Waals surface area contributed by atoms with Crippen LogP contribution in [0.2, 0.25) is 0 Å². The Hall–Kier alpha value is 0.350. The van der Waals surface area contributed by atoms with Crippen LogP contribution in [0.15, 0.2) is 0 Å².